The van der Waals surface area contributed by atoms with Crippen molar-refractivity contribution in [2.75, 3.05) is 4.31 Å². The van der Waals surface area contributed by atoms with E-state index in [2.05, 4.69) is 17.1 Å². The number of aromatic nitrogens is 2. The molecular formula is C21H17N3O3S. The number of rotatable bonds is 4. The Morgan fingerprint density at radius 3 is 2.50 bits per heavy atom. The zero-order chi connectivity index (χ0) is 19.3. The molecule has 1 aromatic heterocycles. The van der Waals surface area contributed by atoms with Crippen LogP contribution >= 0.6 is 0 Å². The summed E-state index contributed by atoms with van der Waals surface area (Å²) in [6.45, 7) is 2.09. The van der Waals surface area contributed by atoms with E-state index < -0.39 is 10.0 Å². The predicted octanol–water partition coefficient (Wildman–Crippen LogP) is 4.16. The van der Waals surface area contributed by atoms with Crippen molar-refractivity contribution in [2.24, 2.45) is 0 Å². The fourth-order valence-electron chi connectivity index (χ4n) is 3.58. The summed E-state index contributed by atoms with van der Waals surface area (Å²) in [6, 6.07) is 18.8. The monoisotopic (exact) mass is 391 g/mol. The maximum atomic E-state index is 13.1. The van der Waals surface area contributed by atoms with E-state index in [9.17, 15) is 8.42 Å². The molecule has 5 rings (SSSR count). The fraction of sp³-hybridized carbons (Fsp3) is 0.143. The molecule has 0 unspecified atom stereocenters. The van der Waals surface area contributed by atoms with E-state index in [4.69, 9.17) is 4.52 Å². The van der Waals surface area contributed by atoms with Gasteiger partial charge in [0.1, 0.15) is 6.54 Å². The fourth-order valence-corrected chi connectivity index (χ4v) is 5.24. The molecule has 0 aliphatic carbocycles. The summed E-state index contributed by atoms with van der Waals surface area (Å²) in [5.74, 6) is 0.702. The molecule has 2 heterocycles. The van der Waals surface area contributed by atoms with Gasteiger partial charge in [-0.05, 0) is 29.5 Å². The first-order valence-corrected chi connectivity index (χ1v) is 10.5. The van der Waals surface area contributed by atoms with E-state index in [0.717, 1.165) is 22.8 Å². The van der Waals surface area contributed by atoms with Crippen molar-refractivity contribution in [1.29, 1.82) is 0 Å². The van der Waals surface area contributed by atoms with Gasteiger partial charge in [-0.3, -0.25) is 4.31 Å². The minimum Gasteiger partial charge on any atom is -0.337 e. The maximum Gasteiger partial charge on any atom is 0.265 e. The Morgan fingerprint density at radius 1 is 1.00 bits per heavy atom. The Labute approximate surface area is 162 Å². The molecule has 0 fully saturated rings. The van der Waals surface area contributed by atoms with Gasteiger partial charge in [-0.15, -0.1) is 0 Å². The molecule has 0 bridgehead atoms. The normalized spacial score (nSPS) is 14.7. The molecule has 0 saturated heterocycles. The molecule has 0 amide bonds. The molecule has 4 aromatic rings. The largest absolute Gasteiger partial charge is 0.337 e. The van der Waals surface area contributed by atoms with Crippen molar-refractivity contribution < 1.29 is 12.9 Å². The molecule has 0 spiro atoms. The van der Waals surface area contributed by atoms with Gasteiger partial charge < -0.3 is 4.52 Å². The van der Waals surface area contributed by atoms with Gasteiger partial charge in [0.05, 0.1) is 10.6 Å². The Morgan fingerprint density at radius 2 is 1.75 bits per heavy atom. The minimum atomic E-state index is -3.66. The first kappa shape index (κ1) is 16.9. The van der Waals surface area contributed by atoms with Crippen LogP contribution in [0.15, 0.2) is 70.1 Å². The molecule has 3 aromatic carbocycles. The Bertz CT molecular complexity index is 1290. The molecule has 0 saturated carbocycles. The summed E-state index contributed by atoms with van der Waals surface area (Å²) in [7, 11) is -3.66. The van der Waals surface area contributed by atoms with Gasteiger partial charge in [0.15, 0.2) is 0 Å². The van der Waals surface area contributed by atoms with Gasteiger partial charge in [0.2, 0.25) is 11.7 Å². The second-order valence-electron chi connectivity index (χ2n) is 6.71. The van der Waals surface area contributed by atoms with Crippen LogP contribution in [0.4, 0.5) is 5.69 Å². The van der Waals surface area contributed by atoms with Gasteiger partial charge in [0.25, 0.3) is 10.0 Å². The van der Waals surface area contributed by atoms with E-state index >= 15 is 0 Å². The van der Waals surface area contributed by atoms with Crippen LogP contribution in [-0.2, 0) is 23.0 Å². The first-order valence-electron chi connectivity index (χ1n) is 9.04. The Kier molecular flexibility index (Phi) is 3.73. The highest BCUT2D eigenvalue weighted by molar-refractivity contribution is 7.93. The zero-order valence-electron chi connectivity index (χ0n) is 15.2. The van der Waals surface area contributed by atoms with Crippen molar-refractivity contribution in [3.05, 3.63) is 72.1 Å². The van der Waals surface area contributed by atoms with Gasteiger partial charge in [0, 0.05) is 10.9 Å². The lowest BCUT2D eigenvalue weighted by molar-refractivity contribution is 0.380. The van der Waals surface area contributed by atoms with Crippen LogP contribution in [0.5, 0.6) is 0 Å². The third-order valence-corrected chi connectivity index (χ3v) is 6.85. The highest BCUT2D eigenvalue weighted by Gasteiger charge is 2.36. The molecule has 140 valence electrons. The number of sulfonamides is 1. The number of hydrogen-bond donors (Lipinski definition) is 0. The Balaban J connectivity index is 1.50. The summed E-state index contributed by atoms with van der Waals surface area (Å²) in [6.07, 6.45) is 0.955. The van der Waals surface area contributed by atoms with E-state index in [1.165, 1.54) is 9.87 Å². The first-order chi connectivity index (χ1) is 13.6. The van der Waals surface area contributed by atoms with Crippen LogP contribution in [0.25, 0.3) is 22.2 Å². The molecule has 7 heteroatoms. The van der Waals surface area contributed by atoms with Crippen LogP contribution in [-0.4, -0.2) is 18.6 Å². The molecule has 6 nitrogen and oxygen atoms in total. The van der Waals surface area contributed by atoms with E-state index in [1.54, 1.807) is 18.2 Å². The lowest BCUT2D eigenvalue weighted by atomic mass is 10.1. The molecule has 1 aliphatic rings. The zero-order valence-corrected chi connectivity index (χ0v) is 16.0. The lowest BCUT2D eigenvalue weighted by Crippen LogP contribution is -2.26. The smallest absolute Gasteiger partial charge is 0.265 e. The van der Waals surface area contributed by atoms with Gasteiger partial charge in [-0.1, -0.05) is 60.6 Å². The third kappa shape index (κ3) is 2.51. The molecule has 0 atom stereocenters. The summed E-state index contributed by atoms with van der Waals surface area (Å²) < 4.78 is 32.8. The predicted molar refractivity (Wildman–Crippen MR) is 106 cm³/mol. The van der Waals surface area contributed by atoms with Crippen molar-refractivity contribution in [3.63, 3.8) is 0 Å². The van der Waals surface area contributed by atoms with Crippen LogP contribution in [0.2, 0.25) is 0 Å². The minimum absolute atomic E-state index is 0.00380. The van der Waals surface area contributed by atoms with Gasteiger partial charge in [-0.2, -0.15) is 4.98 Å². The second kappa shape index (κ2) is 6.17. The number of anilines is 1. The number of aryl methyl sites for hydroxylation is 1. The van der Waals surface area contributed by atoms with Crippen molar-refractivity contribution in [2.45, 2.75) is 24.8 Å². The van der Waals surface area contributed by atoms with Crippen LogP contribution in [0, 0.1) is 0 Å². The van der Waals surface area contributed by atoms with E-state index in [0.29, 0.717) is 16.4 Å². The topological polar surface area (TPSA) is 76.3 Å². The van der Waals surface area contributed by atoms with E-state index in [-0.39, 0.29) is 12.4 Å². The van der Waals surface area contributed by atoms with Crippen molar-refractivity contribution in [3.8, 4) is 11.4 Å². The van der Waals surface area contributed by atoms with Crippen LogP contribution < -0.4 is 4.31 Å². The average molecular weight is 391 g/mol. The number of hydrogen-bond acceptors (Lipinski definition) is 5. The standard InChI is InChI=1S/C21H17N3O3S/c1-2-14-9-11-16(12-10-14)21-22-19(27-23-21)13-24-17-7-3-5-15-6-4-8-18(20(15)17)28(24,25)26/h3-12H,2,13H2,1H3. The lowest BCUT2D eigenvalue weighted by Gasteiger charge is -2.16. The van der Waals surface area contributed by atoms with Crippen molar-refractivity contribution >= 4 is 26.5 Å². The summed E-state index contributed by atoms with van der Waals surface area (Å²) in [4.78, 5) is 4.72. The second-order valence-corrected chi connectivity index (χ2v) is 8.54. The Hall–Kier alpha value is -3.19. The SMILES string of the molecule is CCc1ccc(-c2noc(CN3c4cccc5cccc(c45)S3(=O)=O)n2)cc1. The van der Waals surface area contributed by atoms with Gasteiger partial charge in [-0.25, -0.2) is 8.42 Å². The summed E-state index contributed by atoms with van der Waals surface area (Å²) in [5, 5.41) is 5.65. The third-order valence-electron chi connectivity index (χ3n) is 5.05. The van der Waals surface area contributed by atoms with Crippen LogP contribution in [0.1, 0.15) is 18.4 Å². The molecular weight excluding hydrogens is 374 g/mol. The van der Waals surface area contributed by atoms with E-state index in [1.807, 2.05) is 42.5 Å². The average Bonchev–Trinajstić information content (AvgIpc) is 3.27. The summed E-state index contributed by atoms with van der Waals surface area (Å²) in [5.41, 5.74) is 2.70. The number of nitrogens with zero attached hydrogens (tertiary/aromatic N) is 3. The van der Waals surface area contributed by atoms with Gasteiger partial charge >= 0.3 is 0 Å². The quantitative estimate of drug-likeness (QED) is 0.522. The van der Waals surface area contributed by atoms with Crippen LogP contribution in [0.3, 0.4) is 0 Å². The highest BCUT2D eigenvalue weighted by atomic mass is 32.2. The summed E-state index contributed by atoms with van der Waals surface area (Å²) >= 11 is 0. The van der Waals surface area contributed by atoms with Crippen molar-refractivity contribution in [1.82, 2.24) is 10.1 Å². The highest BCUT2D eigenvalue weighted by Crippen LogP contribution is 2.42. The molecule has 28 heavy (non-hydrogen) atoms. The molecule has 1 aliphatic heterocycles. The maximum absolute atomic E-state index is 13.1. The number of benzene rings is 3. The molecule has 0 radical (unpaired) electrons. The molecule has 0 N–H and O–H groups in total.